The van der Waals surface area contributed by atoms with Crippen molar-refractivity contribution in [2.24, 2.45) is 0 Å². The van der Waals surface area contributed by atoms with Crippen LogP contribution in [0.15, 0.2) is 48.5 Å². The van der Waals surface area contributed by atoms with Gasteiger partial charge in [0, 0.05) is 29.0 Å². The van der Waals surface area contributed by atoms with Crippen molar-refractivity contribution < 1.29 is 23.9 Å². The SMILES string of the molecule is CCOC(=O)COc1cccc(NC(=O)c2cccc(NC(=O)NC(C)C)c2)c1. The molecule has 0 aliphatic heterocycles. The molecule has 8 nitrogen and oxygen atoms in total. The molecule has 0 saturated heterocycles. The molecule has 29 heavy (non-hydrogen) atoms. The summed E-state index contributed by atoms with van der Waals surface area (Å²) in [5, 5.41) is 8.16. The largest absolute Gasteiger partial charge is 0.482 e. The molecule has 3 amide bonds. The first-order valence-corrected chi connectivity index (χ1v) is 9.24. The molecule has 8 heteroatoms. The van der Waals surface area contributed by atoms with Crippen LogP contribution in [0.3, 0.4) is 0 Å². The fraction of sp³-hybridized carbons (Fsp3) is 0.286. The van der Waals surface area contributed by atoms with Crippen LogP contribution in [0.2, 0.25) is 0 Å². The lowest BCUT2D eigenvalue weighted by atomic mass is 10.2. The average molecular weight is 399 g/mol. The lowest BCUT2D eigenvalue weighted by molar-refractivity contribution is -0.145. The van der Waals surface area contributed by atoms with Crippen molar-refractivity contribution in [1.29, 1.82) is 0 Å². The van der Waals surface area contributed by atoms with Crippen LogP contribution in [0.25, 0.3) is 0 Å². The quantitative estimate of drug-likeness (QED) is 0.590. The van der Waals surface area contributed by atoms with Crippen LogP contribution < -0.4 is 20.7 Å². The Kier molecular flexibility index (Phi) is 8.02. The fourth-order valence-electron chi connectivity index (χ4n) is 2.38. The summed E-state index contributed by atoms with van der Waals surface area (Å²) in [4.78, 5) is 35.7. The number of hydrogen-bond acceptors (Lipinski definition) is 5. The van der Waals surface area contributed by atoms with Crippen LogP contribution in [-0.4, -0.2) is 37.2 Å². The van der Waals surface area contributed by atoms with Crippen molar-refractivity contribution in [1.82, 2.24) is 5.32 Å². The monoisotopic (exact) mass is 399 g/mol. The van der Waals surface area contributed by atoms with Crippen LogP contribution in [-0.2, 0) is 9.53 Å². The van der Waals surface area contributed by atoms with Gasteiger partial charge in [0.15, 0.2) is 6.61 Å². The molecule has 0 unspecified atom stereocenters. The molecule has 0 aliphatic carbocycles. The first-order valence-electron chi connectivity index (χ1n) is 9.24. The van der Waals surface area contributed by atoms with Crippen LogP contribution >= 0.6 is 0 Å². The Hall–Kier alpha value is -3.55. The van der Waals surface area contributed by atoms with E-state index in [1.54, 1.807) is 55.5 Å². The van der Waals surface area contributed by atoms with E-state index < -0.39 is 5.97 Å². The van der Waals surface area contributed by atoms with Gasteiger partial charge in [-0.1, -0.05) is 12.1 Å². The summed E-state index contributed by atoms with van der Waals surface area (Å²) in [6.45, 7) is 5.50. The molecule has 2 rings (SSSR count). The molecule has 154 valence electrons. The van der Waals surface area contributed by atoms with E-state index in [9.17, 15) is 14.4 Å². The van der Waals surface area contributed by atoms with Gasteiger partial charge in [-0.3, -0.25) is 4.79 Å². The lowest BCUT2D eigenvalue weighted by Crippen LogP contribution is -2.34. The highest BCUT2D eigenvalue weighted by Gasteiger charge is 2.10. The highest BCUT2D eigenvalue weighted by atomic mass is 16.6. The van der Waals surface area contributed by atoms with Crippen LogP contribution in [0, 0.1) is 0 Å². The summed E-state index contributed by atoms with van der Waals surface area (Å²) in [6.07, 6.45) is 0. The normalized spacial score (nSPS) is 10.2. The molecule has 0 spiro atoms. The van der Waals surface area contributed by atoms with E-state index >= 15 is 0 Å². The van der Waals surface area contributed by atoms with E-state index in [1.165, 1.54) is 0 Å². The third-order valence-electron chi connectivity index (χ3n) is 3.56. The van der Waals surface area contributed by atoms with E-state index in [0.717, 1.165) is 0 Å². The van der Waals surface area contributed by atoms with E-state index in [0.29, 0.717) is 22.7 Å². The standard InChI is InChI=1S/C21H25N3O5/c1-4-28-19(25)13-29-18-10-6-9-17(12-18)23-20(26)15-7-5-8-16(11-15)24-21(27)22-14(2)3/h5-12,14H,4,13H2,1-3H3,(H,23,26)(H2,22,24,27). The second kappa shape index (κ2) is 10.7. The summed E-state index contributed by atoms with van der Waals surface area (Å²) in [5.74, 6) is -0.384. The van der Waals surface area contributed by atoms with Gasteiger partial charge in [-0.05, 0) is 51.1 Å². The third kappa shape index (κ3) is 7.53. The molecule has 2 aromatic carbocycles. The highest BCUT2D eigenvalue weighted by Crippen LogP contribution is 2.19. The van der Waals surface area contributed by atoms with Crippen molar-refractivity contribution in [2.75, 3.05) is 23.8 Å². The first-order chi connectivity index (χ1) is 13.9. The van der Waals surface area contributed by atoms with Crippen LogP contribution in [0.5, 0.6) is 5.75 Å². The number of benzene rings is 2. The van der Waals surface area contributed by atoms with Gasteiger partial charge >= 0.3 is 12.0 Å². The number of anilines is 2. The molecular weight excluding hydrogens is 374 g/mol. The number of carbonyl (C=O) groups excluding carboxylic acids is 3. The number of esters is 1. The number of rotatable bonds is 8. The van der Waals surface area contributed by atoms with Crippen molar-refractivity contribution in [3.8, 4) is 5.75 Å². The maximum Gasteiger partial charge on any atom is 0.344 e. The minimum Gasteiger partial charge on any atom is -0.482 e. The van der Waals surface area contributed by atoms with E-state index in [2.05, 4.69) is 16.0 Å². The van der Waals surface area contributed by atoms with Gasteiger partial charge in [0.1, 0.15) is 5.75 Å². The van der Waals surface area contributed by atoms with Crippen molar-refractivity contribution in [2.45, 2.75) is 26.8 Å². The van der Waals surface area contributed by atoms with Gasteiger partial charge in [0.05, 0.1) is 6.61 Å². The van der Waals surface area contributed by atoms with Gasteiger partial charge in [-0.15, -0.1) is 0 Å². The molecule has 0 aliphatic rings. The molecule has 0 radical (unpaired) electrons. The maximum absolute atomic E-state index is 12.5. The summed E-state index contributed by atoms with van der Waals surface area (Å²) in [6, 6.07) is 12.9. The fourth-order valence-corrected chi connectivity index (χ4v) is 2.38. The number of amides is 3. The number of ether oxygens (including phenoxy) is 2. The van der Waals surface area contributed by atoms with Gasteiger partial charge in [-0.2, -0.15) is 0 Å². The first kappa shape index (κ1) is 21.7. The number of urea groups is 1. The summed E-state index contributed by atoms with van der Waals surface area (Å²) < 4.78 is 10.2. The Labute approximate surface area is 169 Å². The van der Waals surface area contributed by atoms with Crippen molar-refractivity contribution >= 4 is 29.3 Å². The molecular formula is C21H25N3O5. The Balaban J connectivity index is 1.99. The molecule has 3 N–H and O–H groups in total. The molecule has 0 aromatic heterocycles. The summed E-state index contributed by atoms with van der Waals surface area (Å²) in [5.41, 5.74) is 1.39. The molecule has 0 saturated carbocycles. The van der Waals surface area contributed by atoms with Gasteiger partial charge in [-0.25, -0.2) is 9.59 Å². The molecule has 0 heterocycles. The second-order valence-corrected chi connectivity index (χ2v) is 6.41. The Bertz CT molecular complexity index is 867. The zero-order chi connectivity index (χ0) is 21.2. The average Bonchev–Trinajstić information content (AvgIpc) is 2.66. The molecule has 2 aromatic rings. The lowest BCUT2D eigenvalue weighted by Gasteiger charge is -2.12. The van der Waals surface area contributed by atoms with Gasteiger partial charge in [0.25, 0.3) is 5.91 Å². The zero-order valence-electron chi connectivity index (χ0n) is 16.7. The van der Waals surface area contributed by atoms with Crippen molar-refractivity contribution in [3.63, 3.8) is 0 Å². The smallest absolute Gasteiger partial charge is 0.344 e. The number of nitrogens with one attached hydrogen (secondary N) is 3. The minimum atomic E-state index is -0.465. The van der Waals surface area contributed by atoms with Gasteiger partial charge < -0.3 is 25.4 Å². The molecule has 0 fully saturated rings. The minimum absolute atomic E-state index is 0.000180. The highest BCUT2D eigenvalue weighted by molar-refractivity contribution is 6.05. The van der Waals surface area contributed by atoms with E-state index in [-0.39, 0.29) is 31.2 Å². The Morgan fingerprint density at radius 1 is 0.966 bits per heavy atom. The summed E-state index contributed by atoms with van der Waals surface area (Å²) >= 11 is 0. The van der Waals surface area contributed by atoms with E-state index in [4.69, 9.17) is 9.47 Å². The third-order valence-corrected chi connectivity index (χ3v) is 3.56. The van der Waals surface area contributed by atoms with Crippen LogP contribution in [0.1, 0.15) is 31.1 Å². The molecule has 0 atom stereocenters. The number of carbonyl (C=O) groups is 3. The topological polar surface area (TPSA) is 106 Å². The van der Waals surface area contributed by atoms with Crippen LogP contribution in [0.4, 0.5) is 16.2 Å². The Morgan fingerprint density at radius 2 is 1.66 bits per heavy atom. The second-order valence-electron chi connectivity index (χ2n) is 6.41. The predicted molar refractivity (Wildman–Crippen MR) is 110 cm³/mol. The van der Waals surface area contributed by atoms with Gasteiger partial charge in [0.2, 0.25) is 0 Å². The predicted octanol–water partition coefficient (Wildman–Crippen LogP) is 3.41. The molecule has 0 bridgehead atoms. The summed E-state index contributed by atoms with van der Waals surface area (Å²) in [7, 11) is 0. The number of hydrogen-bond donors (Lipinski definition) is 3. The zero-order valence-corrected chi connectivity index (χ0v) is 16.7. The van der Waals surface area contributed by atoms with Crippen molar-refractivity contribution in [3.05, 3.63) is 54.1 Å². The maximum atomic E-state index is 12.5. The van der Waals surface area contributed by atoms with E-state index in [1.807, 2.05) is 13.8 Å². The Morgan fingerprint density at radius 3 is 2.34 bits per heavy atom.